The minimum absolute atomic E-state index is 0.149. The highest BCUT2D eigenvalue weighted by molar-refractivity contribution is 6.31. The highest BCUT2D eigenvalue weighted by Crippen LogP contribution is 2.28. The number of nitrogens with one attached hydrogen (secondary N) is 1. The molecule has 1 atom stereocenters. The Morgan fingerprint density at radius 3 is 2.10 bits per heavy atom. The smallest absolute Gasteiger partial charge is 0.121 e. The van der Waals surface area contributed by atoms with Gasteiger partial charge in [-0.15, -0.1) is 0 Å². The summed E-state index contributed by atoms with van der Waals surface area (Å²) < 4.78 is 5.32. The molecule has 106 valence electrons. The van der Waals surface area contributed by atoms with Crippen molar-refractivity contribution in [3.05, 3.63) is 63.7 Å². The van der Waals surface area contributed by atoms with E-state index in [4.69, 9.17) is 16.3 Å². The van der Waals surface area contributed by atoms with Crippen LogP contribution in [0, 0.1) is 13.8 Å². The van der Waals surface area contributed by atoms with Gasteiger partial charge in [0.1, 0.15) is 5.75 Å². The number of benzene rings is 2. The van der Waals surface area contributed by atoms with Gasteiger partial charge in [0.2, 0.25) is 0 Å². The van der Waals surface area contributed by atoms with Crippen molar-refractivity contribution < 1.29 is 4.74 Å². The molecule has 0 saturated heterocycles. The molecular formula is C17H20ClNO. The minimum Gasteiger partial charge on any atom is -0.496 e. The van der Waals surface area contributed by atoms with Crippen LogP contribution in [0.4, 0.5) is 0 Å². The van der Waals surface area contributed by atoms with Crippen molar-refractivity contribution in [3.8, 4) is 5.75 Å². The van der Waals surface area contributed by atoms with Crippen LogP contribution in [0.15, 0.2) is 36.4 Å². The molecular weight excluding hydrogens is 270 g/mol. The zero-order valence-corrected chi connectivity index (χ0v) is 13.1. The third-order valence-electron chi connectivity index (χ3n) is 3.56. The fourth-order valence-electron chi connectivity index (χ4n) is 2.45. The molecule has 2 aromatic carbocycles. The summed E-state index contributed by atoms with van der Waals surface area (Å²) in [5.74, 6) is 0.913. The van der Waals surface area contributed by atoms with Crippen molar-refractivity contribution in [2.24, 2.45) is 0 Å². The molecule has 0 bridgehead atoms. The van der Waals surface area contributed by atoms with Gasteiger partial charge in [-0.2, -0.15) is 0 Å². The van der Waals surface area contributed by atoms with Crippen molar-refractivity contribution in [1.29, 1.82) is 0 Å². The van der Waals surface area contributed by atoms with Crippen LogP contribution < -0.4 is 10.1 Å². The van der Waals surface area contributed by atoms with Crippen LogP contribution >= 0.6 is 11.6 Å². The van der Waals surface area contributed by atoms with Gasteiger partial charge in [0, 0.05) is 5.02 Å². The fraction of sp³-hybridized carbons (Fsp3) is 0.294. The van der Waals surface area contributed by atoms with Gasteiger partial charge < -0.3 is 10.1 Å². The lowest BCUT2D eigenvalue weighted by molar-refractivity contribution is 0.411. The maximum atomic E-state index is 6.10. The highest BCUT2D eigenvalue weighted by Gasteiger charge is 2.14. The maximum Gasteiger partial charge on any atom is 0.121 e. The standard InChI is InChI=1S/C17H20ClNO/c1-11-9-13(5-7-15(11)18)17(19-3)14-6-8-16(20-4)12(2)10-14/h5-10,17,19H,1-4H3. The van der Waals surface area contributed by atoms with E-state index < -0.39 is 0 Å². The number of ether oxygens (including phenoxy) is 1. The second-order valence-electron chi connectivity index (χ2n) is 4.96. The van der Waals surface area contributed by atoms with Crippen LogP contribution in [0.5, 0.6) is 5.75 Å². The van der Waals surface area contributed by atoms with Gasteiger partial charge in [-0.25, -0.2) is 0 Å². The Kier molecular flexibility index (Phi) is 4.69. The SMILES string of the molecule is CNC(c1ccc(Cl)c(C)c1)c1ccc(OC)c(C)c1. The highest BCUT2D eigenvalue weighted by atomic mass is 35.5. The van der Waals surface area contributed by atoms with Crippen molar-refractivity contribution >= 4 is 11.6 Å². The second kappa shape index (κ2) is 6.29. The molecule has 0 fully saturated rings. The first-order valence-corrected chi connectivity index (χ1v) is 7.02. The predicted octanol–water partition coefficient (Wildman–Crippen LogP) is 4.27. The number of hydrogen-bond donors (Lipinski definition) is 1. The quantitative estimate of drug-likeness (QED) is 0.907. The summed E-state index contributed by atoms with van der Waals surface area (Å²) in [6.45, 7) is 4.08. The van der Waals surface area contributed by atoms with Gasteiger partial charge in [0.15, 0.2) is 0 Å². The van der Waals surface area contributed by atoms with Crippen molar-refractivity contribution in [1.82, 2.24) is 5.32 Å². The first-order chi connectivity index (χ1) is 9.56. The Bertz CT molecular complexity index is 610. The van der Waals surface area contributed by atoms with E-state index in [1.165, 1.54) is 11.1 Å². The van der Waals surface area contributed by atoms with Crippen LogP contribution in [-0.4, -0.2) is 14.2 Å². The molecule has 0 radical (unpaired) electrons. The van der Waals surface area contributed by atoms with Crippen LogP contribution in [0.25, 0.3) is 0 Å². The summed E-state index contributed by atoms with van der Waals surface area (Å²) in [6.07, 6.45) is 0. The van der Waals surface area contributed by atoms with E-state index in [9.17, 15) is 0 Å². The Morgan fingerprint density at radius 2 is 1.60 bits per heavy atom. The summed E-state index contributed by atoms with van der Waals surface area (Å²) in [5, 5.41) is 4.16. The Morgan fingerprint density at radius 1 is 1.00 bits per heavy atom. The van der Waals surface area contributed by atoms with Crippen LogP contribution in [0.2, 0.25) is 5.02 Å². The lowest BCUT2D eigenvalue weighted by Crippen LogP contribution is -2.18. The van der Waals surface area contributed by atoms with Crippen molar-refractivity contribution in [2.75, 3.05) is 14.2 Å². The molecule has 0 aliphatic carbocycles. The molecule has 0 spiro atoms. The van der Waals surface area contributed by atoms with E-state index in [2.05, 4.69) is 36.5 Å². The van der Waals surface area contributed by atoms with Crippen molar-refractivity contribution in [3.63, 3.8) is 0 Å². The number of halogens is 1. The van der Waals surface area contributed by atoms with Crippen LogP contribution in [-0.2, 0) is 0 Å². The molecule has 1 N–H and O–H groups in total. The molecule has 2 aromatic rings. The van der Waals surface area contributed by atoms with Gasteiger partial charge in [0.05, 0.1) is 13.2 Å². The predicted molar refractivity (Wildman–Crippen MR) is 84.8 cm³/mol. The molecule has 2 rings (SSSR count). The van der Waals surface area contributed by atoms with E-state index in [0.717, 1.165) is 21.9 Å². The molecule has 20 heavy (non-hydrogen) atoms. The number of rotatable bonds is 4. The van der Waals surface area contributed by atoms with Crippen molar-refractivity contribution in [2.45, 2.75) is 19.9 Å². The summed E-state index contributed by atoms with van der Waals surface area (Å²) in [6, 6.07) is 12.6. The van der Waals surface area contributed by atoms with E-state index in [1.807, 2.05) is 26.1 Å². The van der Waals surface area contributed by atoms with E-state index in [1.54, 1.807) is 7.11 Å². The fourth-order valence-corrected chi connectivity index (χ4v) is 2.57. The largest absolute Gasteiger partial charge is 0.496 e. The molecule has 3 heteroatoms. The van der Waals surface area contributed by atoms with Gasteiger partial charge in [-0.05, 0) is 55.3 Å². The summed E-state index contributed by atoms with van der Waals surface area (Å²) in [4.78, 5) is 0. The monoisotopic (exact) mass is 289 g/mol. The molecule has 0 heterocycles. The number of aryl methyl sites for hydroxylation is 2. The van der Waals surface area contributed by atoms with Crippen LogP contribution in [0.1, 0.15) is 28.3 Å². The molecule has 1 unspecified atom stereocenters. The molecule has 0 amide bonds. The third-order valence-corrected chi connectivity index (χ3v) is 3.98. The maximum absolute atomic E-state index is 6.10. The molecule has 0 saturated carbocycles. The Labute approximate surface area is 125 Å². The molecule has 0 aliphatic rings. The summed E-state index contributed by atoms with van der Waals surface area (Å²) in [7, 11) is 3.66. The van der Waals surface area contributed by atoms with Gasteiger partial charge >= 0.3 is 0 Å². The van der Waals surface area contributed by atoms with E-state index >= 15 is 0 Å². The second-order valence-corrected chi connectivity index (χ2v) is 5.37. The topological polar surface area (TPSA) is 21.3 Å². The van der Waals surface area contributed by atoms with Crippen LogP contribution in [0.3, 0.4) is 0 Å². The minimum atomic E-state index is 0.149. The first kappa shape index (κ1) is 14.9. The van der Waals surface area contributed by atoms with E-state index in [0.29, 0.717) is 0 Å². The normalized spacial score (nSPS) is 12.2. The first-order valence-electron chi connectivity index (χ1n) is 6.64. The summed E-state index contributed by atoms with van der Waals surface area (Å²) in [5.41, 5.74) is 4.65. The lowest BCUT2D eigenvalue weighted by Gasteiger charge is -2.19. The number of methoxy groups -OCH3 is 1. The van der Waals surface area contributed by atoms with Gasteiger partial charge in [0.25, 0.3) is 0 Å². The van der Waals surface area contributed by atoms with Gasteiger partial charge in [-0.3, -0.25) is 0 Å². The average molecular weight is 290 g/mol. The third kappa shape index (κ3) is 2.97. The number of hydrogen-bond acceptors (Lipinski definition) is 2. The zero-order valence-electron chi connectivity index (χ0n) is 12.3. The molecule has 0 aromatic heterocycles. The Balaban J connectivity index is 2.41. The average Bonchev–Trinajstić information content (AvgIpc) is 2.44. The van der Waals surface area contributed by atoms with Gasteiger partial charge in [-0.1, -0.05) is 35.9 Å². The molecule has 0 aliphatic heterocycles. The Hall–Kier alpha value is -1.51. The zero-order chi connectivity index (χ0) is 14.7. The lowest BCUT2D eigenvalue weighted by atomic mass is 9.96. The summed E-state index contributed by atoms with van der Waals surface area (Å²) >= 11 is 6.10. The molecule has 2 nitrogen and oxygen atoms in total. The van der Waals surface area contributed by atoms with E-state index in [-0.39, 0.29) is 6.04 Å².